The number of aryl methyl sites for hydroxylation is 1. The summed E-state index contributed by atoms with van der Waals surface area (Å²) in [4.78, 5) is 31.9. The van der Waals surface area contributed by atoms with Crippen molar-refractivity contribution < 1.29 is 14.3 Å². The molecule has 1 N–H and O–H groups in total. The Labute approximate surface area is 126 Å². The third-order valence-corrected chi connectivity index (χ3v) is 3.96. The van der Waals surface area contributed by atoms with Gasteiger partial charge < -0.3 is 10.1 Å². The van der Waals surface area contributed by atoms with E-state index < -0.39 is 5.97 Å². The fourth-order valence-electron chi connectivity index (χ4n) is 1.73. The number of carbonyl (C=O) groups excluding carboxylic acids is 2. The maximum absolute atomic E-state index is 11.6. The van der Waals surface area contributed by atoms with Crippen LogP contribution < -0.4 is 5.32 Å². The lowest BCUT2D eigenvalue weighted by Crippen LogP contribution is -2.07. The summed E-state index contributed by atoms with van der Waals surface area (Å²) < 4.78 is 4.64. The van der Waals surface area contributed by atoms with E-state index in [2.05, 4.69) is 20.0 Å². The second-order valence-corrected chi connectivity index (χ2v) is 5.36. The average Bonchev–Trinajstić information content (AvgIpc) is 2.90. The van der Waals surface area contributed by atoms with Gasteiger partial charge in [0.15, 0.2) is 16.6 Å². The Kier molecular flexibility index (Phi) is 4.64. The van der Waals surface area contributed by atoms with Gasteiger partial charge in [0.2, 0.25) is 0 Å². The second kappa shape index (κ2) is 6.45. The summed E-state index contributed by atoms with van der Waals surface area (Å²) in [5.41, 5.74) is 1.99. The molecule has 0 saturated heterocycles. The molecule has 2 aromatic rings. The minimum absolute atomic E-state index is 0.0512. The van der Waals surface area contributed by atoms with Crippen LogP contribution in [0.15, 0.2) is 18.3 Å². The number of nitrogens with zero attached hydrogens (tertiary/aromatic N) is 2. The molecular weight excluding hydrogens is 290 g/mol. The number of ketones is 1. The van der Waals surface area contributed by atoms with Crippen LogP contribution in [0.5, 0.6) is 0 Å². The summed E-state index contributed by atoms with van der Waals surface area (Å²) >= 11 is 1.14. The molecule has 0 aliphatic heterocycles. The van der Waals surface area contributed by atoms with Crippen LogP contribution in [0.1, 0.15) is 38.3 Å². The quantitative estimate of drug-likeness (QED) is 0.675. The third kappa shape index (κ3) is 3.43. The van der Waals surface area contributed by atoms with Crippen LogP contribution in [0.2, 0.25) is 0 Å². The van der Waals surface area contributed by atoms with E-state index in [4.69, 9.17) is 0 Å². The average molecular weight is 305 g/mol. The number of carbonyl (C=O) groups is 2. The largest absolute Gasteiger partial charge is 0.464 e. The number of Topliss-reactive ketones (excluding diaryl/α,β-unsaturated/α-hetero) is 1. The van der Waals surface area contributed by atoms with E-state index in [1.54, 1.807) is 6.20 Å². The molecule has 2 heterocycles. The van der Waals surface area contributed by atoms with Gasteiger partial charge in [-0.15, -0.1) is 0 Å². The summed E-state index contributed by atoms with van der Waals surface area (Å²) in [5.74, 6) is -0.825. The van der Waals surface area contributed by atoms with Gasteiger partial charge in [-0.05, 0) is 18.6 Å². The van der Waals surface area contributed by atoms with E-state index >= 15 is 0 Å². The Balaban J connectivity index is 2.20. The number of aromatic nitrogens is 2. The molecule has 2 aromatic heterocycles. The van der Waals surface area contributed by atoms with Gasteiger partial charge in [0.05, 0.1) is 19.3 Å². The normalized spacial score (nSPS) is 10.2. The van der Waals surface area contributed by atoms with E-state index in [0.29, 0.717) is 16.6 Å². The predicted octanol–water partition coefficient (Wildman–Crippen LogP) is 2.45. The summed E-state index contributed by atoms with van der Waals surface area (Å²) in [6, 6.07) is 3.83. The van der Waals surface area contributed by atoms with Gasteiger partial charge >= 0.3 is 5.97 Å². The third-order valence-electron chi connectivity index (χ3n) is 2.85. The first-order valence-corrected chi connectivity index (χ1v) is 7.09. The van der Waals surface area contributed by atoms with Crippen molar-refractivity contribution in [2.24, 2.45) is 0 Å². The molecule has 6 nitrogen and oxygen atoms in total. The van der Waals surface area contributed by atoms with Gasteiger partial charge in [0, 0.05) is 13.1 Å². The van der Waals surface area contributed by atoms with Crippen molar-refractivity contribution in [3.05, 3.63) is 40.2 Å². The zero-order valence-electron chi connectivity index (χ0n) is 12.0. The van der Waals surface area contributed by atoms with Crippen molar-refractivity contribution in [1.29, 1.82) is 0 Å². The molecule has 21 heavy (non-hydrogen) atoms. The summed E-state index contributed by atoms with van der Waals surface area (Å²) in [5, 5.41) is 3.57. The van der Waals surface area contributed by atoms with Crippen molar-refractivity contribution in [3.8, 4) is 0 Å². The number of rotatable bonds is 5. The molecule has 2 rings (SSSR count). The number of methoxy groups -OCH3 is 1. The maximum atomic E-state index is 11.6. The summed E-state index contributed by atoms with van der Waals surface area (Å²) in [7, 11) is 1.26. The Morgan fingerprint density at radius 2 is 2.19 bits per heavy atom. The van der Waals surface area contributed by atoms with Gasteiger partial charge in [-0.1, -0.05) is 17.4 Å². The van der Waals surface area contributed by atoms with Crippen molar-refractivity contribution in [2.75, 3.05) is 12.4 Å². The van der Waals surface area contributed by atoms with Crippen LogP contribution >= 0.6 is 11.3 Å². The van der Waals surface area contributed by atoms with Crippen molar-refractivity contribution in [2.45, 2.75) is 20.4 Å². The summed E-state index contributed by atoms with van der Waals surface area (Å²) in [6.07, 6.45) is 1.72. The molecule has 0 bridgehead atoms. The monoisotopic (exact) mass is 305 g/mol. The number of hydrogen-bond donors (Lipinski definition) is 1. The molecule has 0 atom stereocenters. The zero-order valence-corrected chi connectivity index (χ0v) is 12.8. The standard InChI is InChI=1S/C14H15N3O3S/c1-8-5-4-6-15-10(8)7-16-14-17-11(13(19)20-3)12(21-14)9(2)18/h4-6H,7H2,1-3H3,(H,16,17). The highest BCUT2D eigenvalue weighted by atomic mass is 32.1. The number of hydrogen-bond acceptors (Lipinski definition) is 7. The topological polar surface area (TPSA) is 81.2 Å². The van der Waals surface area contributed by atoms with Crippen molar-refractivity contribution in [1.82, 2.24) is 9.97 Å². The maximum Gasteiger partial charge on any atom is 0.358 e. The molecular formula is C14H15N3O3S. The van der Waals surface area contributed by atoms with Crippen LogP contribution in [0.25, 0.3) is 0 Å². The number of ether oxygens (including phenoxy) is 1. The van der Waals surface area contributed by atoms with Gasteiger partial charge in [-0.3, -0.25) is 9.78 Å². The second-order valence-electron chi connectivity index (χ2n) is 4.37. The lowest BCUT2D eigenvalue weighted by Gasteiger charge is -2.04. The molecule has 0 saturated carbocycles. The lowest BCUT2D eigenvalue weighted by atomic mass is 10.2. The van der Waals surface area contributed by atoms with Crippen LogP contribution in [0.3, 0.4) is 0 Å². The fourth-order valence-corrected chi connectivity index (χ4v) is 2.58. The minimum atomic E-state index is -0.612. The van der Waals surface area contributed by atoms with Crippen LogP contribution in [0, 0.1) is 6.92 Å². The molecule has 0 radical (unpaired) electrons. The van der Waals surface area contributed by atoms with Gasteiger partial charge in [-0.2, -0.15) is 0 Å². The van der Waals surface area contributed by atoms with Crippen molar-refractivity contribution in [3.63, 3.8) is 0 Å². The first-order chi connectivity index (χ1) is 10.0. The van der Waals surface area contributed by atoms with E-state index in [9.17, 15) is 9.59 Å². The molecule has 110 valence electrons. The van der Waals surface area contributed by atoms with Gasteiger partial charge in [-0.25, -0.2) is 9.78 Å². The van der Waals surface area contributed by atoms with Gasteiger partial charge in [0.25, 0.3) is 0 Å². The molecule has 0 aliphatic carbocycles. The molecule has 0 amide bonds. The molecule has 0 aromatic carbocycles. The van der Waals surface area contributed by atoms with E-state index in [1.165, 1.54) is 14.0 Å². The van der Waals surface area contributed by atoms with E-state index in [-0.39, 0.29) is 11.5 Å². The van der Waals surface area contributed by atoms with Crippen LogP contribution in [0.4, 0.5) is 5.13 Å². The first-order valence-electron chi connectivity index (χ1n) is 6.27. The molecule has 0 aliphatic rings. The Morgan fingerprint density at radius 1 is 1.43 bits per heavy atom. The highest BCUT2D eigenvalue weighted by Crippen LogP contribution is 2.24. The lowest BCUT2D eigenvalue weighted by molar-refractivity contribution is 0.0591. The number of thiazole rings is 1. The Morgan fingerprint density at radius 3 is 2.81 bits per heavy atom. The number of pyridine rings is 1. The number of anilines is 1. The van der Waals surface area contributed by atoms with Gasteiger partial charge in [0.1, 0.15) is 4.88 Å². The summed E-state index contributed by atoms with van der Waals surface area (Å²) in [6.45, 7) is 3.83. The predicted molar refractivity (Wildman–Crippen MR) is 79.8 cm³/mol. The SMILES string of the molecule is COC(=O)c1nc(NCc2ncccc2C)sc1C(C)=O. The number of esters is 1. The molecule has 0 fully saturated rings. The minimum Gasteiger partial charge on any atom is -0.464 e. The smallest absolute Gasteiger partial charge is 0.358 e. The van der Waals surface area contributed by atoms with Crippen LogP contribution in [-0.4, -0.2) is 28.8 Å². The van der Waals surface area contributed by atoms with Crippen LogP contribution in [-0.2, 0) is 11.3 Å². The van der Waals surface area contributed by atoms with Crippen molar-refractivity contribution >= 4 is 28.2 Å². The van der Waals surface area contributed by atoms with E-state index in [1.807, 2.05) is 19.1 Å². The zero-order chi connectivity index (χ0) is 15.4. The molecule has 0 unspecified atom stereocenters. The highest BCUT2D eigenvalue weighted by molar-refractivity contribution is 7.17. The Bertz CT molecular complexity index is 682. The first kappa shape index (κ1) is 15.1. The highest BCUT2D eigenvalue weighted by Gasteiger charge is 2.21. The molecule has 0 spiro atoms. The fraction of sp³-hybridized carbons (Fsp3) is 0.286. The Hall–Kier alpha value is -2.28. The number of nitrogens with one attached hydrogen (secondary N) is 1. The van der Waals surface area contributed by atoms with E-state index in [0.717, 1.165) is 22.6 Å². The molecule has 7 heteroatoms.